The standard InChI is InChI=1S/C53H70N8O8/c1-10-60-45-18-17-35-28-40(45)41(48(60)39-14-11-20-54-44(39)31-68-9)29-53(4,5)32-69-52(67)42-15-12-22-61(56-42)51(66)43(26-34-24-37(35)27-38(62)25-34)55-49(64)47(33(2)3)58(8)50(65)36-19-23-59(30-36)46(63)16-13-21-57(6)7/h11,13-14,16-18,20,24-25,27-28,33,36,42-43,47,56,62H,10,12,15,19,21-23,26,29-32H2,1-9H3,(H,55,64)/b16-13-/t36-,42-,43-,47-/m0/s1. The first-order valence-electron chi connectivity index (χ1n) is 24.2. The van der Waals surface area contributed by atoms with Crippen LogP contribution in [-0.4, -0.2) is 143 Å². The summed E-state index contributed by atoms with van der Waals surface area (Å²) in [4.78, 5) is 80.1. The number of benzene rings is 2. The van der Waals surface area contributed by atoms with Crippen molar-refractivity contribution in [3.63, 3.8) is 0 Å². The lowest BCUT2D eigenvalue weighted by atomic mass is 9.84. The molecule has 0 radical (unpaired) electrons. The molecule has 0 saturated carbocycles. The number of nitrogens with one attached hydrogen (secondary N) is 2. The molecule has 16 nitrogen and oxygen atoms in total. The van der Waals surface area contributed by atoms with E-state index in [9.17, 15) is 29.1 Å². The summed E-state index contributed by atoms with van der Waals surface area (Å²) in [5.74, 6) is -2.75. The molecule has 7 rings (SSSR count). The van der Waals surface area contributed by atoms with E-state index in [0.717, 1.165) is 44.5 Å². The number of aromatic nitrogens is 2. The van der Waals surface area contributed by atoms with Crippen molar-refractivity contribution in [2.24, 2.45) is 17.3 Å². The molecule has 3 N–H and O–H groups in total. The van der Waals surface area contributed by atoms with Gasteiger partial charge in [0.2, 0.25) is 17.7 Å². The number of fused-ring (bicyclic) bond motifs is 6. The van der Waals surface area contributed by atoms with Crippen LogP contribution >= 0.6 is 0 Å². The Balaban J connectivity index is 1.25. The number of hydrazine groups is 1. The Morgan fingerprint density at radius 1 is 1.06 bits per heavy atom. The molecule has 2 fully saturated rings. The van der Waals surface area contributed by atoms with Gasteiger partial charge in [-0.2, -0.15) is 0 Å². The minimum absolute atomic E-state index is 0.00982. The van der Waals surface area contributed by atoms with E-state index >= 15 is 0 Å². The lowest BCUT2D eigenvalue weighted by Crippen LogP contribution is -2.62. The molecule has 69 heavy (non-hydrogen) atoms. The number of likely N-dealkylation sites (tertiary alicyclic amines) is 1. The number of rotatable bonds is 12. The first kappa shape index (κ1) is 50.8. The van der Waals surface area contributed by atoms with Gasteiger partial charge < -0.3 is 39.2 Å². The SMILES string of the molecule is CCn1c(-c2cccnc2COC)c2c3cc(ccc31)-c1cc(O)cc(c1)C[C@H](NC(=O)[C@H](C(C)C)N(C)C(=O)[C@H]1CCN(C(=O)/C=C\CN(C)C)C1)C(=O)N1CCC[C@H](N1)C(=O)OCC(C)(C)C2. The highest BCUT2D eigenvalue weighted by Crippen LogP contribution is 2.41. The average molecular weight is 947 g/mol. The number of cyclic esters (lactones) is 1. The van der Waals surface area contributed by atoms with Crippen molar-refractivity contribution in [2.45, 2.75) is 98.0 Å². The summed E-state index contributed by atoms with van der Waals surface area (Å²) in [5.41, 5.74) is 9.56. The van der Waals surface area contributed by atoms with Gasteiger partial charge in [0.15, 0.2) is 0 Å². The number of hydrogen-bond acceptors (Lipinski definition) is 11. The molecule has 0 aliphatic carbocycles. The third-order valence-corrected chi connectivity index (χ3v) is 13.5. The van der Waals surface area contributed by atoms with Gasteiger partial charge in [-0.15, -0.1) is 0 Å². The molecular formula is C53H70N8O8. The third-order valence-electron chi connectivity index (χ3n) is 13.5. The summed E-state index contributed by atoms with van der Waals surface area (Å²) in [6.45, 7) is 12.6. The normalized spacial score (nSPS) is 20.4. The van der Waals surface area contributed by atoms with Gasteiger partial charge in [-0.3, -0.25) is 34.0 Å². The van der Waals surface area contributed by atoms with Crippen LogP contribution < -0.4 is 10.7 Å². The number of ether oxygens (including phenoxy) is 2. The third kappa shape index (κ3) is 11.5. The van der Waals surface area contributed by atoms with Crippen molar-refractivity contribution in [1.82, 2.24) is 40.0 Å². The van der Waals surface area contributed by atoms with Gasteiger partial charge >= 0.3 is 5.97 Å². The van der Waals surface area contributed by atoms with Gasteiger partial charge in [-0.1, -0.05) is 45.9 Å². The van der Waals surface area contributed by atoms with Gasteiger partial charge in [0.1, 0.15) is 23.9 Å². The Kier molecular flexibility index (Phi) is 16.0. The fourth-order valence-electron chi connectivity index (χ4n) is 10.2. The van der Waals surface area contributed by atoms with Crippen molar-refractivity contribution in [2.75, 3.05) is 61.0 Å². The lowest BCUT2D eigenvalue weighted by molar-refractivity contribution is -0.155. The van der Waals surface area contributed by atoms with E-state index in [1.54, 1.807) is 43.5 Å². The van der Waals surface area contributed by atoms with Crippen LogP contribution in [0.4, 0.5) is 0 Å². The van der Waals surface area contributed by atoms with Crippen LogP contribution in [0.1, 0.15) is 70.7 Å². The molecule has 4 atom stereocenters. The van der Waals surface area contributed by atoms with Crippen LogP contribution in [0.2, 0.25) is 0 Å². The topological polar surface area (TPSA) is 179 Å². The molecule has 2 aromatic carbocycles. The van der Waals surface area contributed by atoms with Crippen LogP contribution in [0.3, 0.4) is 0 Å². The highest BCUT2D eigenvalue weighted by molar-refractivity contribution is 5.96. The zero-order chi connectivity index (χ0) is 49.7. The van der Waals surface area contributed by atoms with Crippen LogP contribution in [0.25, 0.3) is 33.3 Å². The van der Waals surface area contributed by atoms with E-state index in [4.69, 9.17) is 14.5 Å². The maximum Gasteiger partial charge on any atom is 0.324 e. The fourth-order valence-corrected chi connectivity index (χ4v) is 10.2. The van der Waals surface area contributed by atoms with Gasteiger partial charge in [0.25, 0.3) is 5.91 Å². The predicted molar refractivity (Wildman–Crippen MR) is 264 cm³/mol. The van der Waals surface area contributed by atoms with E-state index < -0.39 is 47.2 Å². The zero-order valence-electron chi connectivity index (χ0n) is 41.7. The number of methoxy groups -OCH3 is 1. The summed E-state index contributed by atoms with van der Waals surface area (Å²) in [5, 5.41) is 16.8. The number of carbonyl (C=O) groups is 5. The van der Waals surface area contributed by atoms with Gasteiger partial charge in [0, 0.05) is 87.5 Å². The molecule has 4 amide bonds. The van der Waals surface area contributed by atoms with E-state index in [-0.39, 0.29) is 49.6 Å². The number of esters is 1. The number of likely N-dealkylation sites (N-methyl/N-ethyl adjacent to an activating group) is 2. The molecule has 2 saturated heterocycles. The van der Waals surface area contributed by atoms with Crippen LogP contribution in [0.5, 0.6) is 5.75 Å². The highest BCUT2D eigenvalue weighted by atomic mass is 16.5. The molecule has 370 valence electrons. The number of nitrogens with zero attached hydrogens (tertiary/aromatic N) is 6. The monoisotopic (exact) mass is 947 g/mol. The second-order valence-corrected chi connectivity index (χ2v) is 20.2. The number of aryl methyl sites for hydroxylation is 1. The van der Waals surface area contributed by atoms with Crippen LogP contribution in [-0.2, 0) is 59.4 Å². The Labute approximate surface area is 406 Å². The van der Waals surface area contributed by atoms with E-state index in [1.165, 1.54) is 16.0 Å². The number of amides is 4. The number of aromatic hydroxyl groups is 1. The molecule has 16 heteroatoms. The Hall–Kier alpha value is -6.10. The highest BCUT2D eigenvalue weighted by Gasteiger charge is 2.40. The number of phenols is 1. The molecule has 3 aliphatic rings. The average Bonchev–Trinajstić information content (AvgIpc) is 3.93. The quantitative estimate of drug-likeness (QED) is 0.123. The molecule has 0 unspecified atom stereocenters. The second kappa shape index (κ2) is 21.7. The minimum atomic E-state index is -1.17. The van der Waals surface area contributed by atoms with Crippen molar-refractivity contribution >= 4 is 40.5 Å². The fraction of sp³-hybridized carbons (Fsp3) is 0.509. The molecule has 6 bridgehead atoms. The molecular weight excluding hydrogens is 877 g/mol. The summed E-state index contributed by atoms with van der Waals surface area (Å²) in [7, 11) is 7.08. The number of phenolic OH excluding ortho intramolecular Hbond substituents is 1. The molecule has 0 spiro atoms. The van der Waals surface area contributed by atoms with Gasteiger partial charge in [0.05, 0.1) is 30.5 Å². The molecule has 5 heterocycles. The Bertz CT molecular complexity index is 2580. The van der Waals surface area contributed by atoms with E-state index in [1.807, 2.05) is 51.0 Å². The summed E-state index contributed by atoms with van der Waals surface area (Å²) >= 11 is 0. The largest absolute Gasteiger partial charge is 0.508 e. The first-order chi connectivity index (χ1) is 32.9. The summed E-state index contributed by atoms with van der Waals surface area (Å²) < 4.78 is 14.0. The summed E-state index contributed by atoms with van der Waals surface area (Å²) in [6, 6.07) is 12.5. The van der Waals surface area contributed by atoms with Crippen molar-refractivity contribution in [3.05, 3.63) is 83.7 Å². The maximum absolute atomic E-state index is 14.8. The Morgan fingerprint density at radius 2 is 1.84 bits per heavy atom. The summed E-state index contributed by atoms with van der Waals surface area (Å²) in [6.07, 6.45) is 7.04. The van der Waals surface area contributed by atoms with Gasteiger partial charge in [-0.05, 0) is 111 Å². The number of hydrogen-bond donors (Lipinski definition) is 3. The molecule has 2 aromatic heterocycles. The number of carbonyl (C=O) groups excluding carboxylic acids is 5. The molecule has 3 aliphatic heterocycles. The minimum Gasteiger partial charge on any atom is -0.508 e. The Morgan fingerprint density at radius 3 is 2.57 bits per heavy atom. The van der Waals surface area contributed by atoms with Crippen molar-refractivity contribution in [3.8, 4) is 28.1 Å². The van der Waals surface area contributed by atoms with E-state index in [0.29, 0.717) is 57.5 Å². The first-order valence-corrected chi connectivity index (χ1v) is 24.2. The van der Waals surface area contributed by atoms with Crippen LogP contribution in [0, 0.1) is 17.3 Å². The lowest BCUT2D eigenvalue weighted by Gasteiger charge is -2.37. The maximum atomic E-state index is 14.8. The van der Waals surface area contributed by atoms with Gasteiger partial charge in [-0.25, -0.2) is 5.43 Å². The molecule has 4 aromatic rings. The predicted octanol–water partition coefficient (Wildman–Crippen LogP) is 5.34. The van der Waals surface area contributed by atoms with Crippen molar-refractivity contribution in [1.29, 1.82) is 0 Å². The smallest absolute Gasteiger partial charge is 0.324 e. The second-order valence-electron chi connectivity index (χ2n) is 20.2. The zero-order valence-corrected chi connectivity index (χ0v) is 41.7. The number of pyridine rings is 1. The van der Waals surface area contributed by atoms with E-state index in [2.05, 4.69) is 54.3 Å². The van der Waals surface area contributed by atoms with Crippen LogP contribution in [0.15, 0.2) is 66.9 Å². The van der Waals surface area contributed by atoms with Crippen molar-refractivity contribution < 1.29 is 38.6 Å².